The molecule has 0 heterocycles. The largest absolute Gasteiger partial charge is 0.517 e. The summed E-state index contributed by atoms with van der Waals surface area (Å²) in [6.45, 7) is 9.91. The smallest absolute Gasteiger partial charge is 0.278 e. The molecule has 0 aromatic carbocycles. The first-order valence-electron chi connectivity index (χ1n) is 3.82. The molecule has 0 fully saturated rings. The fourth-order valence-corrected chi connectivity index (χ4v) is 1.24. The Morgan fingerprint density at radius 1 is 1.33 bits per heavy atom. The van der Waals surface area contributed by atoms with Crippen molar-refractivity contribution in [1.29, 1.82) is 0 Å². The maximum Gasteiger partial charge on any atom is 0.278 e. The first-order chi connectivity index (χ1) is 5.35. The molecule has 0 atom stereocenters. The van der Waals surface area contributed by atoms with Gasteiger partial charge in [-0.15, -0.1) is 0 Å². The zero-order valence-corrected chi connectivity index (χ0v) is 10.0. The van der Waals surface area contributed by atoms with Crippen LogP contribution in [0.15, 0.2) is 11.5 Å². The third kappa shape index (κ3) is 6.55. The summed E-state index contributed by atoms with van der Waals surface area (Å²) in [5, 5.41) is 0. The summed E-state index contributed by atoms with van der Waals surface area (Å²) in [6.07, 6.45) is 0. The lowest BCUT2D eigenvalue weighted by Gasteiger charge is -2.23. The van der Waals surface area contributed by atoms with Crippen LogP contribution in [0.4, 0.5) is 0 Å². The minimum absolute atomic E-state index is 0.252. The SMILES string of the molecule is C[Si](C)O/C(=C\Cl)OC(C)(C)C. The Bertz CT molecular complexity index is 161. The van der Waals surface area contributed by atoms with Crippen molar-refractivity contribution in [2.45, 2.75) is 39.5 Å². The van der Waals surface area contributed by atoms with E-state index < -0.39 is 9.04 Å². The van der Waals surface area contributed by atoms with Gasteiger partial charge in [0.05, 0.1) is 5.54 Å². The lowest BCUT2D eigenvalue weighted by Crippen LogP contribution is -2.21. The van der Waals surface area contributed by atoms with Gasteiger partial charge in [-0.05, 0) is 33.9 Å². The molecule has 0 aromatic heterocycles. The van der Waals surface area contributed by atoms with Crippen molar-refractivity contribution in [3.63, 3.8) is 0 Å². The van der Waals surface area contributed by atoms with Crippen LogP contribution in [0.5, 0.6) is 0 Å². The van der Waals surface area contributed by atoms with Crippen molar-refractivity contribution < 1.29 is 9.16 Å². The van der Waals surface area contributed by atoms with Crippen LogP contribution in [-0.2, 0) is 9.16 Å². The Morgan fingerprint density at radius 2 is 1.83 bits per heavy atom. The molecule has 71 valence electrons. The van der Waals surface area contributed by atoms with E-state index >= 15 is 0 Å². The van der Waals surface area contributed by atoms with E-state index in [0.29, 0.717) is 5.95 Å². The second-order valence-electron chi connectivity index (χ2n) is 3.65. The molecular formula is C8H16ClO2Si. The summed E-state index contributed by atoms with van der Waals surface area (Å²) < 4.78 is 10.8. The maximum atomic E-state index is 5.52. The standard InChI is InChI=1S/C8H16ClO2Si/c1-8(2,3)10-7(6-9)11-12(4)5/h6H,1-5H3/b7-6-. The highest BCUT2D eigenvalue weighted by atomic mass is 35.5. The fraction of sp³-hybridized carbons (Fsp3) is 0.750. The van der Waals surface area contributed by atoms with Crippen LogP contribution >= 0.6 is 11.6 Å². The van der Waals surface area contributed by atoms with E-state index in [-0.39, 0.29) is 5.60 Å². The van der Waals surface area contributed by atoms with E-state index in [1.54, 1.807) is 0 Å². The zero-order valence-electron chi connectivity index (χ0n) is 8.27. The molecule has 0 unspecified atom stereocenters. The average molecular weight is 208 g/mol. The zero-order chi connectivity index (χ0) is 9.78. The molecule has 0 saturated carbocycles. The van der Waals surface area contributed by atoms with Gasteiger partial charge in [0, 0.05) is 0 Å². The van der Waals surface area contributed by atoms with E-state index in [2.05, 4.69) is 0 Å². The Balaban J connectivity index is 4.03. The number of hydrogen-bond acceptors (Lipinski definition) is 2. The minimum atomic E-state index is -0.795. The average Bonchev–Trinajstić information content (AvgIpc) is 1.82. The molecular weight excluding hydrogens is 192 g/mol. The quantitative estimate of drug-likeness (QED) is 0.523. The van der Waals surface area contributed by atoms with Gasteiger partial charge in [0.1, 0.15) is 5.60 Å². The van der Waals surface area contributed by atoms with Gasteiger partial charge in [0.15, 0.2) is 0 Å². The first-order valence-corrected chi connectivity index (χ1v) is 6.67. The fourth-order valence-electron chi connectivity index (χ4n) is 0.568. The monoisotopic (exact) mass is 207 g/mol. The van der Waals surface area contributed by atoms with Crippen molar-refractivity contribution in [3.8, 4) is 0 Å². The summed E-state index contributed by atoms with van der Waals surface area (Å²) in [7, 11) is -0.795. The van der Waals surface area contributed by atoms with Crippen LogP contribution in [0.3, 0.4) is 0 Å². The predicted molar refractivity (Wildman–Crippen MR) is 53.3 cm³/mol. The normalized spacial score (nSPS) is 13.4. The van der Waals surface area contributed by atoms with E-state index in [0.717, 1.165) is 0 Å². The van der Waals surface area contributed by atoms with Gasteiger partial charge in [0.2, 0.25) is 0 Å². The van der Waals surface area contributed by atoms with Crippen LogP contribution < -0.4 is 0 Å². The third-order valence-electron chi connectivity index (χ3n) is 0.801. The van der Waals surface area contributed by atoms with Gasteiger partial charge in [-0.2, -0.15) is 0 Å². The predicted octanol–water partition coefficient (Wildman–Crippen LogP) is 3.11. The van der Waals surface area contributed by atoms with Crippen molar-refractivity contribution in [1.82, 2.24) is 0 Å². The van der Waals surface area contributed by atoms with Gasteiger partial charge in [-0.1, -0.05) is 11.6 Å². The van der Waals surface area contributed by atoms with E-state index in [1.807, 2.05) is 33.9 Å². The van der Waals surface area contributed by atoms with E-state index in [4.69, 9.17) is 20.8 Å². The molecule has 12 heavy (non-hydrogen) atoms. The van der Waals surface area contributed by atoms with Crippen molar-refractivity contribution in [2.75, 3.05) is 0 Å². The van der Waals surface area contributed by atoms with Gasteiger partial charge in [0.25, 0.3) is 15.0 Å². The van der Waals surface area contributed by atoms with E-state index in [1.165, 1.54) is 5.54 Å². The molecule has 0 spiro atoms. The topological polar surface area (TPSA) is 18.5 Å². The Morgan fingerprint density at radius 3 is 2.08 bits per heavy atom. The van der Waals surface area contributed by atoms with Crippen molar-refractivity contribution in [2.24, 2.45) is 0 Å². The molecule has 0 amide bonds. The maximum absolute atomic E-state index is 5.52. The highest BCUT2D eigenvalue weighted by Gasteiger charge is 2.15. The highest BCUT2D eigenvalue weighted by molar-refractivity contribution is 6.48. The highest BCUT2D eigenvalue weighted by Crippen LogP contribution is 2.15. The number of halogens is 1. The molecule has 0 saturated heterocycles. The van der Waals surface area contributed by atoms with Crippen LogP contribution in [0.25, 0.3) is 0 Å². The second kappa shape index (κ2) is 4.77. The number of rotatable bonds is 3. The first kappa shape index (κ1) is 11.8. The molecule has 4 heteroatoms. The van der Waals surface area contributed by atoms with Gasteiger partial charge in [-0.25, -0.2) is 0 Å². The third-order valence-corrected chi connectivity index (χ3v) is 1.59. The Kier molecular flexibility index (Phi) is 4.71. The number of ether oxygens (including phenoxy) is 1. The Labute approximate surface area is 81.2 Å². The van der Waals surface area contributed by atoms with Crippen LogP contribution in [-0.4, -0.2) is 14.6 Å². The molecule has 0 aliphatic carbocycles. The Hall–Kier alpha value is -0.153. The summed E-state index contributed by atoms with van der Waals surface area (Å²) in [4.78, 5) is 0. The molecule has 0 aliphatic rings. The minimum Gasteiger partial charge on any atom is -0.517 e. The number of hydrogen-bond donors (Lipinski definition) is 0. The van der Waals surface area contributed by atoms with Gasteiger partial charge < -0.3 is 9.16 Å². The summed E-state index contributed by atoms with van der Waals surface area (Å²) in [5.74, 6) is 0.419. The second-order valence-corrected chi connectivity index (χ2v) is 5.89. The molecule has 0 bridgehead atoms. The summed E-state index contributed by atoms with van der Waals surface area (Å²) >= 11 is 5.52. The summed E-state index contributed by atoms with van der Waals surface area (Å²) in [5.41, 5.74) is 1.08. The molecule has 0 rings (SSSR count). The molecule has 0 aromatic rings. The van der Waals surface area contributed by atoms with Crippen LogP contribution in [0.2, 0.25) is 13.1 Å². The van der Waals surface area contributed by atoms with Gasteiger partial charge >= 0.3 is 0 Å². The molecule has 0 aliphatic heterocycles. The lowest BCUT2D eigenvalue weighted by atomic mass is 10.2. The van der Waals surface area contributed by atoms with Crippen LogP contribution in [0, 0.1) is 0 Å². The molecule has 1 radical (unpaired) electrons. The molecule has 0 N–H and O–H groups in total. The van der Waals surface area contributed by atoms with Gasteiger partial charge in [-0.3, -0.25) is 0 Å². The van der Waals surface area contributed by atoms with E-state index in [9.17, 15) is 0 Å². The van der Waals surface area contributed by atoms with Crippen molar-refractivity contribution >= 4 is 20.6 Å². The van der Waals surface area contributed by atoms with Crippen LogP contribution in [0.1, 0.15) is 20.8 Å². The van der Waals surface area contributed by atoms with Crippen molar-refractivity contribution in [3.05, 3.63) is 11.5 Å². The lowest BCUT2D eigenvalue weighted by molar-refractivity contribution is -0.00568. The summed E-state index contributed by atoms with van der Waals surface area (Å²) in [6, 6.07) is 0. The molecule has 2 nitrogen and oxygen atoms in total.